The number of rotatable bonds is 10. The SMILES string of the molecule is C[C@@H]1CN(c2nc(-n3ccc(OCCC4(C(F)(F)F)CC4)n3)ccc2C(=O)NS(=O)(=O)c2ccc[c]([Ge]([CH3])([CH3])[CH3])c2)C(C)(C)C1. The van der Waals surface area contributed by atoms with Crippen LogP contribution >= 0.6 is 0 Å². The molecular weight excluding hydrogens is 668 g/mol. The van der Waals surface area contributed by atoms with Crippen molar-refractivity contribution in [3.63, 3.8) is 0 Å². The summed E-state index contributed by atoms with van der Waals surface area (Å²) >= 11 is -2.34. The molecule has 1 aromatic carbocycles. The fourth-order valence-electron chi connectivity index (χ4n) is 5.96. The summed E-state index contributed by atoms with van der Waals surface area (Å²) in [7, 11) is -4.17. The van der Waals surface area contributed by atoms with Gasteiger partial charge in [0, 0.05) is 6.07 Å². The van der Waals surface area contributed by atoms with Gasteiger partial charge in [0.1, 0.15) is 0 Å². The molecule has 3 heterocycles. The van der Waals surface area contributed by atoms with Gasteiger partial charge in [0.05, 0.1) is 12.0 Å². The molecule has 9 nitrogen and oxygen atoms in total. The third-order valence-corrected chi connectivity index (χ3v) is 14.4. The number of hydrogen-bond acceptors (Lipinski definition) is 7. The number of nitrogens with zero attached hydrogens (tertiary/aromatic N) is 4. The van der Waals surface area contributed by atoms with E-state index < -0.39 is 40.8 Å². The van der Waals surface area contributed by atoms with E-state index >= 15 is 0 Å². The van der Waals surface area contributed by atoms with Crippen molar-refractivity contribution < 1.29 is 31.1 Å². The second kappa shape index (κ2) is 11.6. The zero-order chi connectivity index (χ0) is 33.0. The van der Waals surface area contributed by atoms with Crippen molar-refractivity contribution >= 4 is 39.4 Å². The average molecular weight is 708 g/mol. The third-order valence-electron chi connectivity index (χ3n) is 8.76. The monoisotopic (exact) mass is 709 g/mol. The molecule has 45 heavy (non-hydrogen) atoms. The molecular formula is C31H40F3GeN5O4S. The predicted molar refractivity (Wildman–Crippen MR) is 168 cm³/mol. The van der Waals surface area contributed by atoms with Crippen molar-refractivity contribution in [2.45, 2.75) is 80.3 Å². The Morgan fingerprint density at radius 3 is 2.44 bits per heavy atom. The molecule has 2 aliphatic rings. The molecule has 1 saturated carbocycles. The number of amides is 1. The van der Waals surface area contributed by atoms with Crippen LogP contribution in [0.5, 0.6) is 5.88 Å². The fourth-order valence-corrected chi connectivity index (χ4v) is 9.68. The van der Waals surface area contributed by atoms with Crippen molar-refractivity contribution in [1.29, 1.82) is 0 Å². The van der Waals surface area contributed by atoms with Crippen LogP contribution in [0.4, 0.5) is 19.0 Å². The first-order valence-electron chi connectivity index (χ1n) is 15.0. The van der Waals surface area contributed by atoms with Crippen LogP contribution in [0, 0.1) is 11.3 Å². The summed E-state index contributed by atoms with van der Waals surface area (Å²) in [5, 5.41) is 4.34. The van der Waals surface area contributed by atoms with Gasteiger partial charge >= 0.3 is 205 Å². The van der Waals surface area contributed by atoms with Crippen molar-refractivity contribution in [3.8, 4) is 11.7 Å². The molecule has 1 aliphatic carbocycles. The predicted octanol–water partition coefficient (Wildman–Crippen LogP) is 5.67. The molecule has 0 spiro atoms. The molecule has 0 bridgehead atoms. The normalized spacial score (nSPS) is 19.4. The first-order chi connectivity index (χ1) is 20.8. The standard InChI is InChI=1S/C31H40F3GeN5O4S/c1-21-19-29(2,3)39(20-21)27-24(28(41)38-45(42,43)23-9-7-8-22(18-23)35(4,5)6)10-11-25(36-27)40-16-12-26(37-40)44-17-15-30(13-14-30)31(32,33)34/h7-12,16,18,21H,13-15,17,19-20H2,1-6H3,(H,38,41)/t21-/m0/s1. The number of pyridine rings is 1. The number of halogens is 3. The van der Waals surface area contributed by atoms with Crippen molar-refractivity contribution in [2.75, 3.05) is 18.1 Å². The van der Waals surface area contributed by atoms with Gasteiger partial charge in [-0.2, -0.15) is 13.2 Å². The van der Waals surface area contributed by atoms with Crippen LogP contribution in [0.1, 0.15) is 56.8 Å². The minimum absolute atomic E-state index is 0.0297. The van der Waals surface area contributed by atoms with Gasteiger partial charge in [-0.1, -0.05) is 0 Å². The summed E-state index contributed by atoms with van der Waals surface area (Å²) in [6, 6.07) is 11.4. The van der Waals surface area contributed by atoms with Gasteiger partial charge in [-0.3, -0.25) is 0 Å². The van der Waals surface area contributed by atoms with E-state index in [4.69, 9.17) is 9.72 Å². The van der Waals surface area contributed by atoms with E-state index in [0.717, 1.165) is 10.8 Å². The van der Waals surface area contributed by atoms with Gasteiger partial charge in [0.25, 0.3) is 0 Å². The van der Waals surface area contributed by atoms with E-state index in [1.165, 1.54) is 16.8 Å². The Labute approximate surface area is 265 Å². The second-order valence-corrected chi connectivity index (χ2v) is 26.3. The van der Waals surface area contributed by atoms with E-state index in [1.54, 1.807) is 30.5 Å². The Bertz CT molecular complexity index is 1700. The zero-order valence-corrected chi connectivity index (χ0v) is 29.3. The summed E-state index contributed by atoms with van der Waals surface area (Å²) < 4.78 is 76.8. The van der Waals surface area contributed by atoms with Crippen molar-refractivity contribution in [1.82, 2.24) is 19.5 Å². The van der Waals surface area contributed by atoms with Crippen LogP contribution in [0.3, 0.4) is 0 Å². The van der Waals surface area contributed by atoms with Gasteiger partial charge in [-0.05, 0) is 19.3 Å². The first-order valence-corrected chi connectivity index (χ1v) is 23.9. The average Bonchev–Trinajstić information content (AvgIpc) is 3.50. The Balaban J connectivity index is 1.41. The third kappa shape index (κ3) is 7.03. The molecule has 0 unspecified atom stereocenters. The van der Waals surface area contributed by atoms with E-state index in [2.05, 4.69) is 34.0 Å². The summed E-state index contributed by atoms with van der Waals surface area (Å²) in [6.45, 7) is 6.67. The number of ether oxygens (including phenoxy) is 1. The van der Waals surface area contributed by atoms with Gasteiger partial charge in [0.2, 0.25) is 5.88 Å². The van der Waals surface area contributed by atoms with Crippen LogP contribution in [0.2, 0.25) is 17.3 Å². The van der Waals surface area contributed by atoms with Gasteiger partial charge in [-0.25, -0.2) is 0 Å². The molecule has 5 rings (SSSR count). The molecule has 1 amide bonds. The number of nitrogens with one attached hydrogen (secondary N) is 1. The fraction of sp³-hybridized carbons (Fsp3) is 0.516. The number of aromatic nitrogens is 3. The number of sulfonamides is 1. The number of anilines is 1. The number of carbonyl (C=O) groups is 1. The molecule has 1 atom stereocenters. The van der Waals surface area contributed by atoms with Crippen LogP contribution in [0.25, 0.3) is 5.82 Å². The number of benzene rings is 1. The van der Waals surface area contributed by atoms with E-state index in [-0.39, 0.29) is 47.7 Å². The zero-order valence-electron chi connectivity index (χ0n) is 26.4. The van der Waals surface area contributed by atoms with Crippen molar-refractivity contribution in [3.05, 3.63) is 54.2 Å². The summed E-state index contributed by atoms with van der Waals surface area (Å²) in [5.74, 6) is 6.79. The number of alkyl halides is 3. The Morgan fingerprint density at radius 2 is 1.84 bits per heavy atom. The van der Waals surface area contributed by atoms with Crippen LogP contribution < -0.4 is 18.8 Å². The second-order valence-electron chi connectivity index (χ2n) is 14.0. The van der Waals surface area contributed by atoms with Gasteiger partial charge in [0.15, 0.2) is 0 Å². The maximum absolute atomic E-state index is 13.6. The van der Waals surface area contributed by atoms with E-state index in [0.29, 0.717) is 24.1 Å². The molecule has 14 heteroatoms. The molecule has 0 radical (unpaired) electrons. The number of hydrogen-bond donors (Lipinski definition) is 1. The van der Waals surface area contributed by atoms with E-state index in [9.17, 15) is 26.4 Å². The molecule has 1 N–H and O–H groups in total. The van der Waals surface area contributed by atoms with Gasteiger partial charge in [-0.15, -0.1) is 0 Å². The maximum atomic E-state index is 13.6. The Hall–Kier alpha value is -3.07. The Morgan fingerprint density at radius 1 is 1.13 bits per heavy atom. The molecule has 244 valence electrons. The first kappa shape index (κ1) is 33.3. The number of carbonyl (C=O) groups excluding carboxylic acids is 1. The molecule has 1 aliphatic heterocycles. The topological polar surface area (TPSA) is 106 Å². The van der Waals surface area contributed by atoms with Crippen LogP contribution in [0.15, 0.2) is 53.6 Å². The quantitative estimate of drug-likeness (QED) is 0.271. The van der Waals surface area contributed by atoms with Gasteiger partial charge < -0.3 is 4.74 Å². The molecule has 3 aromatic rings. The molecule has 1 saturated heterocycles. The summed E-state index contributed by atoms with van der Waals surface area (Å²) in [6.07, 6.45) is -1.75. The van der Waals surface area contributed by atoms with E-state index in [1.807, 2.05) is 24.8 Å². The summed E-state index contributed by atoms with van der Waals surface area (Å²) in [4.78, 5) is 20.5. The Kier molecular flexibility index (Phi) is 8.60. The van der Waals surface area contributed by atoms with Crippen LogP contribution in [-0.4, -0.2) is 67.2 Å². The molecule has 2 aromatic heterocycles. The van der Waals surface area contributed by atoms with Crippen LogP contribution in [-0.2, 0) is 10.0 Å². The molecule has 2 fully saturated rings. The minimum atomic E-state index is -4.25. The van der Waals surface area contributed by atoms with Crippen molar-refractivity contribution in [2.24, 2.45) is 11.3 Å². The summed E-state index contributed by atoms with van der Waals surface area (Å²) in [5.41, 5.74) is -1.94.